The Hall–Kier alpha value is -0.610. The second-order valence-electron chi connectivity index (χ2n) is 4.86. The van der Waals surface area contributed by atoms with Crippen molar-refractivity contribution >= 4 is 5.91 Å². The standard InChI is InChI=1S/C12H24N2O2/c1-3-4-5-6-7-14-11(15)12(2)9-16-8-10(12)13/h10H,3-9,13H2,1-2H3,(H,14,15). The van der Waals surface area contributed by atoms with E-state index < -0.39 is 5.41 Å². The molecule has 0 aromatic rings. The SMILES string of the molecule is CCCCCCNC(=O)C1(C)COCC1N. The minimum absolute atomic E-state index is 0.0361. The predicted molar refractivity (Wildman–Crippen MR) is 64.1 cm³/mol. The number of nitrogens with two attached hydrogens (primary N) is 1. The first-order chi connectivity index (χ1) is 7.61. The monoisotopic (exact) mass is 228 g/mol. The summed E-state index contributed by atoms with van der Waals surface area (Å²) in [5.41, 5.74) is 5.34. The predicted octanol–water partition coefficient (Wildman–Crippen LogP) is 1.05. The van der Waals surface area contributed by atoms with Gasteiger partial charge in [-0.2, -0.15) is 0 Å². The third kappa shape index (κ3) is 3.19. The van der Waals surface area contributed by atoms with Gasteiger partial charge >= 0.3 is 0 Å². The molecule has 1 aliphatic heterocycles. The molecule has 1 saturated heterocycles. The molecule has 1 rings (SSSR count). The van der Waals surface area contributed by atoms with Crippen molar-refractivity contribution in [2.75, 3.05) is 19.8 Å². The Balaban J connectivity index is 2.24. The van der Waals surface area contributed by atoms with Crippen LogP contribution in [0.5, 0.6) is 0 Å². The summed E-state index contributed by atoms with van der Waals surface area (Å²) in [4.78, 5) is 11.9. The lowest BCUT2D eigenvalue weighted by molar-refractivity contribution is -0.130. The van der Waals surface area contributed by atoms with E-state index in [0.29, 0.717) is 13.2 Å². The molecule has 0 spiro atoms. The highest BCUT2D eigenvalue weighted by Gasteiger charge is 2.43. The molecule has 1 aliphatic rings. The van der Waals surface area contributed by atoms with E-state index >= 15 is 0 Å². The van der Waals surface area contributed by atoms with Crippen LogP contribution in [0, 0.1) is 5.41 Å². The Morgan fingerprint density at radius 1 is 1.50 bits per heavy atom. The summed E-state index contributed by atoms with van der Waals surface area (Å²) < 4.78 is 5.25. The zero-order valence-electron chi connectivity index (χ0n) is 10.4. The van der Waals surface area contributed by atoms with E-state index in [4.69, 9.17) is 10.5 Å². The summed E-state index contributed by atoms with van der Waals surface area (Å²) in [5, 5.41) is 2.96. The molecule has 2 unspecified atom stereocenters. The van der Waals surface area contributed by atoms with Crippen molar-refractivity contribution in [3.05, 3.63) is 0 Å². The van der Waals surface area contributed by atoms with E-state index in [-0.39, 0.29) is 11.9 Å². The maximum Gasteiger partial charge on any atom is 0.229 e. The Bertz CT molecular complexity index is 233. The molecule has 2 atom stereocenters. The van der Waals surface area contributed by atoms with Crippen molar-refractivity contribution in [2.45, 2.75) is 45.6 Å². The second-order valence-corrected chi connectivity index (χ2v) is 4.86. The number of amides is 1. The van der Waals surface area contributed by atoms with Crippen molar-refractivity contribution in [3.8, 4) is 0 Å². The van der Waals surface area contributed by atoms with Crippen LogP contribution < -0.4 is 11.1 Å². The summed E-state index contributed by atoms with van der Waals surface area (Å²) in [6.45, 7) is 5.73. The number of hydrogen-bond donors (Lipinski definition) is 2. The average Bonchev–Trinajstić information content (AvgIpc) is 2.60. The first kappa shape index (κ1) is 13.5. The lowest BCUT2D eigenvalue weighted by Gasteiger charge is -2.25. The molecule has 0 radical (unpaired) electrons. The first-order valence-corrected chi connectivity index (χ1v) is 6.23. The molecule has 1 fully saturated rings. The summed E-state index contributed by atoms with van der Waals surface area (Å²) in [6, 6.07) is -0.178. The molecule has 0 bridgehead atoms. The minimum Gasteiger partial charge on any atom is -0.379 e. The number of hydrogen-bond acceptors (Lipinski definition) is 3. The average molecular weight is 228 g/mol. The van der Waals surface area contributed by atoms with Crippen molar-refractivity contribution in [2.24, 2.45) is 11.1 Å². The van der Waals surface area contributed by atoms with E-state index in [0.717, 1.165) is 13.0 Å². The molecule has 1 amide bonds. The molecular formula is C12H24N2O2. The number of carbonyl (C=O) groups excluding carboxylic acids is 1. The third-order valence-electron chi connectivity index (χ3n) is 3.35. The molecule has 0 aromatic heterocycles. The summed E-state index contributed by atoms with van der Waals surface area (Å²) in [5.74, 6) is 0.0361. The molecule has 4 heteroatoms. The van der Waals surface area contributed by atoms with Crippen molar-refractivity contribution < 1.29 is 9.53 Å². The molecule has 16 heavy (non-hydrogen) atoms. The van der Waals surface area contributed by atoms with Gasteiger partial charge in [-0.3, -0.25) is 4.79 Å². The molecule has 0 saturated carbocycles. The Morgan fingerprint density at radius 3 is 2.81 bits per heavy atom. The van der Waals surface area contributed by atoms with E-state index in [1.54, 1.807) is 0 Å². The molecule has 1 heterocycles. The van der Waals surface area contributed by atoms with Gasteiger partial charge in [0.2, 0.25) is 5.91 Å². The van der Waals surface area contributed by atoms with E-state index in [1.165, 1.54) is 19.3 Å². The third-order valence-corrected chi connectivity index (χ3v) is 3.35. The largest absolute Gasteiger partial charge is 0.379 e. The van der Waals surface area contributed by atoms with Crippen LogP contribution in [0.15, 0.2) is 0 Å². The van der Waals surface area contributed by atoms with Gasteiger partial charge in [0.1, 0.15) is 0 Å². The second kappa shape index (κ2) is 6.21. The van der Waals surface area contributed by atoms with Gasteiger partial charge in [-0.05, 0) is 13.3 Å². The van der Waals surface area contributed by atoms with Crippen LogP contribution in [0.25, 0.3) is 0 Å². The van der Waals surface area contributed by atoms with E-state index in [2.05, 4.69) is 12.2 Å². The number of unbranched alkanes of at least 4 members (excludes halogenated alkanes) is 3. The lowest BCUT2D eigenvalue weighted by Crippen LogP contribution is -2.50. The van der Waals surface area contributed by atoms with Crippen molar-refractivity contribution in [1.29, 1.82) is 0 Å². The van der Waals surface area contributed by atoms with Crippen LogP contribution in [-0.2, 0) is 9.53 Å². The number of nitrogens with one attached hydrogen (secondary N) is 1. The zero-order chi connectivity index (χ0) is 12.0. The highest BCUT2D eigenvalue weighted by Crippen LogP contribution is 2.26. The molecule has 4 nitrogen and oxygen atoms in total. The molecule has 94 valence electrons. The van der Waals surface area contributed by atoms with Gasteiger partial charge in [-0.1, -0.05) is 26.2 Å². The number of ether oxygens (including phenoxy) is 1. The van der Waals surface area contributed by atoms with E-state index in [1.807, 2.05) is 6.92 Å². The van der Waals surface area contributed by atoms with Gasteiger partial charge in [0.05, 0.1) is 18.6 Å². The van der Waals surface area contributed by atoms with Gasteiger partial charge in [-0.25, -0.2) is 0 Å². The molecular weight excluding hydrogens is 204 g/mol. The highest BCUT2D eigenvalue weighted by molar-refractivity contribution is 5.83. The van der Waals surface area contributed by atoms with Gasteiger partial charge in [0, 0.05) is 12.6 Å². The maximum atomic E-state index is 11.9. The lowest BCUT2D eigenvalue weighted by atomic mass is 9.85. The van der Waals surface area contributed by atoms with Gasteiger partial charge < -0.3 is 15.8 Å². The van der Waals surface area contributed by atoms with Crippen LogP contribution in [0.4, 0.5) is 0 Å². The first-order valence-electron chi connectivity index (χ1n) is 6.23. The van der Waals surface area contributed by atoms with Gasteiger partial charge in [0.15, 0.2) is 0 Å². The van der Waals surface area contributed by atoms with Crippen LogP contribution in [0.2, 0.25) is 0 Å². The summed E-state index contributed by atoms with van der Waals surface area (Å²) >= 11 is 0. The Kier molecular flexibility index (Phi) is 5.22. The topological polar surface area (TPSA) is 64.3 Å². The fourth-order valence-electron chi connectivity index (χ4n) is 1.88. The van der Waals surface area contributed by atoms with Gasteiger partial charge in [0.25, 0.3) is 0 Å². The molecule has 0 aliphatic carbocycles. The maximum absolute atomic E-state index is 11.9. The Morgan fingerprint density at radius 2 is 2.25 bits per heavy atom. The van der Waals surface area contributed by atoms with E-state index in [9.17, 15) is 4.79 Å². The van der Waals surface area contributed by atoms with Crippen LogP contribution in [0.3, 0.4) is 0 Å². The smallest absolute Gasteiger partial charge is 0.229 e. The van der Waals surface area contributed by atoms with Crippen LogP contribution in [-0.4, -0.2) is 31.7 Å². The van der Waals surface area contributed by atoms with Crippen LogP contribution >= 0.6 is 0 Å². The van der Waals surface area contributed by atoms with Crippen molar-refractivity contribution in [3.63, 3.8) is 0 Å². The molecule has 0 aromatic carbocycles. The summed E-state index contributed by atoms with van der Waals surface area (Å²) in [6.07, 6.45) is 4.67. The number of carbonyl (C=O) groups is 1. The van der Waals surface area contributed by atoms with Crippen molar-refractivity contribution in [1.82, 2.24) is 5.32 Å². The van der Waals surface area contributed by atoms with Gasteiger partial charge in [-0.15, -0.1) is 0 Å². The minimum atomic E-state index is -0.537. The number of rotatable bonds is 6. The summed E-state index contributed by atoms with van der Waals surface area (Å²) in [7, 11) is 0. The van der Waals surface area contributed by atoms with Crippen LogP contribution in [0.1, 0.15) is 39.5 Å². The fraction of sp³-hybridized carbons (Fsp3) is 0.917. The quantitative estimate of drug-likeness (QED) is 0.668. The Labute approximate surface area is 97.9 Å². The normalized spacial score (nSPS) is 29.3. The highest BCUT2D eigenvalue weighted by atomic mass is 16.5. The fourth-order valence-corrected chi connectivity index (χ4v) is 1.88. The zero-order valence-corrected chi connectivity index (χ0v) is 10.4. The molecule has 3 N–H and O–H groups in total.